The second kappa shape index (κ2) is 3.42. The van der Waals surface area contributed by atoms with Crippen LogP contribution in [0.3, 0.4) is 0 Å². The maximum absolute atomic E-state index is 5.12. The van der Waals surface area contributed by atoms with Gasteiger partial charge in [-0.1, -0.05) is 12.2 Å². The quantitative estimate of drug-likeness (QED) is 0.617. The minimum Gasteiger partial charge on any atom is -0.388 e. The van der Waals surface area contributed by atoms with Gasteiger partial charge in [-0.3, -0.25) is 0 Å². The number of hydrogen-bond acceptors (Lipinski definition) is 2. The zero-order chi connectivity index (χ0) is 7.40. The van der Waals surface area contributed by atoms with E-state index < -0.39 is 0 Å². The first-order valence-electron chi connectivity index (χ1n) is 3.45. The molecule has 2 heteroatoms. The summed E-state index contributed by atoms with van der Waals surface area (Å²) in [5.41, 5.74) is 1.17. The molecule has 56 valence electrons. The maximum atomic E-state index is 5.12. The Balaban J connectivity index is 2.46. The second-order valence-electron chi connectivity index (χ2n) is 2.28. The lowest BCUT2D eigenvalue weighted by molar-refractivity contribution is 0.142. The fourth-order valence-electron chi connectivity index (χ4n) is 0.961. The average molecular weight is 139 g/mol. The lowest BCUT2D eigenvalue weighted by atomic mass is 10.1. The van der Waals surface area contributed by atoms with E-state index in [1.54, 1.807) is 7.11 Å². The lowest BCUT2D eigenvalue weighted by Crippen LogP contribution is -2.13. The number of hydrogen-bond donors (Lipinski definition) is 1. The highest BCUT2D eigenvalue weighted by Crippen LogP contribution is 2.09. The van der Waals surface area contributed by atoms with Gasteiger partial charge in [0.1, 0.15) is 0 Å². The van der Waals surface area contributed by atoms with Crippen molar-refractivity contribution in [2.75, 3.05) is 14.2 Å². The third kappa shape index (κ3) is 1.61. The largest absolute Gasteiger partial charge is 0.388 e. The second-order valence-corrected chi connectivity index (χ2v) is 2.28. The number of rotatable bonds is 2. The van der Waals surface area contributed by atoms with E-state index >= 15 is 0 Å². The first-order valence-corrected chi connectivity index (χ1v) is 3.45. The highest BCUT2D eigenvalue weighted by Gasteiger charge is 2.04. The van der Waals surface area contributed by atoms with Crippen LogP contribution >= 0.6 is 0 Å². The number of nitrogens with one attached hydrogen (secondary N) is 1. The fourth-order valence-corrected chi connectivity index (χ4v) is 0.961. The molecule has 1 rings (SSSR count). The summed E-state index contributed by atoms with van der Waals surface area (Å²) in [6.45, 7) is 0. The van der Waals surface area contributed by atoms with E-state index in [2.05, 4.69) is 17.5 Å². The molecule has 2 nitrogen and oxygen atoms in total. The standard InChI is InChI=1S/C8H13NO/c1-9-7-3-5-8(10-2)6-4-7/h3-5,8-9H,6H2,1-2H3. The molecule has 1 aliphatic carbocycles. The van der Waals surface area contributed by atoms with Crippen LogP contribution in [0.25, 0.3) is 0 Å². The molecular weight excluding hydrogens is 126 g/mol. The Labute approximate surface area is 61.6 Å². The van der Waals surface area contributed by atoms with Crippen LogP contribution in [0.5, 0.6) is 0 Å². The molecule has 1 unspecified atom stereocenters. The summed E-state index contributed by atoms with van der Waals surface area (Å²) in [7, 11) is 3.65. The highest BCUT2D eigenvalue weighted by molar-refractivity contribution is 5.22. The molecule has 1 atom stereocenters. The molecule has 0 spiro atoms. The predicted octanol–water partition coefficient (Wildman–Crippen LogP) is 1.06. The smallest absolute Gasteiger partial charge is 0.0791 e. The number of methoxy groups -OCH3 is 1. The van der Waals surface area contributed by atoms with Gasteiger partial charge in [-0.05, 0) is 12.5 Å². The Bertz CT molecular complexity index is 161. The Morgan fingerprint density at radius 3 is 2.90 bits per heavy atom. The Kier molecular flexibility index (Phi) is 2.51. The number of likely N-dealkylation sites (N-methyl/N-ethyl adjacent to an activating group) is 1. The minimum absolute atomic E-state index is 0.275. The van der Waals surface area contributed by atoms with E-state index in [0.29, 0.717) is 0 Å². The van der Waals surface area contributed by atoms with Crippen LogP contribution in [0.1, 0.15) is 6.42 Å². The van der Waals surface area contributed by atoms with Crippen molar-refractivity contribution in [1.29, 1.82) is 0 Å². The summed E-state index contributed by atoms with van der Waals surface area (Å²) >= 11 is 0. The minimum atomic E-state index is 0.275. The summed E-state index contributed by atoms with van der Waals surface area (Å²) in [5.74, 6) is 0. The van der Waals surface area contributed by atoms with E-state index in [1.165, 1.54) is 5.70 Å². The molecule has 0 radical (unpaired) electrons. The van der Waals surface area contributed by atoms with Crippen LogP contribution in [0, 0.1) is 0 Å². The molecule has 10 heavy (non-hydrogen) atoms. The van der Waals surface area contributed by atoms with Crippen LogP contribution in [-0.4, -0.2) is 20.3 Å². The van der Waals surface area contributed by atoms with Crippen LogP contribution in [0.2, 0.25) is 0 Å². The Morgan fingerprint density at radius 1 is 1.70 bits per heavy atom. The molecule has 0 saturated heterocycles. The molecule has 0 aromatic carbocycles. The van der Waals surface area contributed by atoms with Crippen molar-refractivity contribution in [2.24, 2.45) is 0 Å². The van der Waals surface area contributed by atoms with Gasteiger partial charge in [0.15, 0.2) is 0 Å². The summed E-state index contributed by atoms with van der Waals surface area (Å²) in [5, 5.41) is 3.07. The number of ether oxygens (including phenoxy) is 1. The van der Waals surface area contributed by atoms with Gasteiger partial charge in [0.05, 0.1) is 6.10 Å². The van der Waals surface area contributed by atoms with Crippen LogP contribution in [0.4, 0.5) is 0 Å². The molecule has 0 heterocycles. The van der Waals surface area contributed by atoms with Crippen molar-refractivity contribution in [1.82, 2.24) is 5.32 Å². The van der Waals surface area contributed by atoms with Crippen LogP contribution in [0.15, 0.2) is 23.9 Å². The lowest BCUT2D eigenvalue weighted by Gasteiger charge is -2.13. The van der Waals surface area contributed by atoms with Crippen molar-refractivity contribution in [3.05, 3.63) is 23.9 Å². The zero-order valence-electron chi connectivity index (χ0n) is 6.42. The van der Waals surface area contributed by atoms with Gasteiger partial charge in [0.25, 0.3) is 0 Å². The maximum Gasteiger partial charge on any atom is 0.0791 e. The van der Waals surface area contributed by atoms with E-state index in [0.717, 1.165) is 6.42 Å². The molecule has 0 aromatic heterocycles. The van der Waals surface area contributed by atoms with Crippen molar-refractivity contribution >= 4 is 0 Å². The summed E-state index contributed by atoms with van der Waals surface area (Å²) < 4.78 is 5.12. The third-order valence-electron chi connectivity index (χ3n) is 1.65. The Morgan fingerprint density at radius 2 is 2.50 bits per heavy atom. The van der Waals surface area contributed by atoms with Crippen molar-refractivity contribution in [3.63, 3.8) is 0 Å². The van der Waals surface area contributed by atoms with Gasteiger partial charge < -0.3 is 10.1 Å². The molecule has 0 aromatic rings. The predicted molar refractivity (Wildman–Crippen MR) is 41.7 cm³/mol. The van der Waals surface area contributed by atoms with Gasteiger partial charge >= 0.3 is 0 Å². The summed E-state index contributed by atoms with van der Waals surface area (Å²) in [4.78, 5) is 0. The van der Waals surface area contributed by atoms with Gasteiger partial charge in [-0.15, -0.1) is 0 Å². The molecule has 0 amide bonds. The molecular formula is C8H13NO. The first-order chi connectivity index (χ1) is 4.86. The van der Waals surface area contributed by atoms with Crippen molar-refractivity contribution in [2.45, 2.75) is 12.5 Å². The zero-order valence-corrected chi connectivity index (χ0v) is 6.42. The molecule has 0 bridgehead atoms. The highest BCUT2D eigenvalue weighted by atomic mass is 16.5. The monoisotopic (exact) mass is 139 g/mol. The van der Waals surface area contributed by atoms with Gasteiger partial charge in [0.2, 0.25) is 0 Å². The third-order valence-corrected chi connectivity index (χ3v) is 1.65. The molecule has 1 aliphatic rings. The topological polar surface area (TPSA) is 21.3 Å². The van der Waals surface area contributed by atoms with Crippen LogP contribution in [-0.2, 0) is 4.74 Å². The summed E-state index contributed by atoms with van der Waals surface area (Å²) in [6, 6.07) is 0. The van der Waals surface area contributed by atoms with Crippen molar-refractivity contribution in [3.8, 4) is 0 Å². The van der Waals surface area contributed by atoms with E-state index in [1.807, 2.05) is 13.1 Å². The first kappa shape index (κ1) is 7.35. The SMILES string of the molecule is CNC1=CCC(OC)C=C1. The summed E-state index contributed by atoms with van der Waals surface area (Å²) in [6.07, 6.45) is 7.48. The fraction of sp³-hybridized carbons (Fsp3) is 0.500. The van der Waals surface area contributed by atoms with Gasteiger partial charge in [-0.2, -0.15) is 0 Å². The number of allylic oxidation sites excluding steroid dienone is 1. The van der Waals surface area contributed by atoms with Gasteiger partial charge in [-0.25, -0.2) is 0 Å². The molecule has 0 aliphatic heterocycles. The molecule has 0 saturated carbocycles. The van der Waals surface area contributed by atoms with Crippen molar-refractivity contribution < 1.29 is 4.74 Å². The van der Waals surface area contributed by atoms with E-state index in [9.17, 15) is 0 Å². The van der Waals surface area contributed by atoms with Gasteiger partial charge in [0, 0.05) is 19.9 Å². The van der Waals surface area contributed by atoms with Crippen LogP contribution < -0.4 is 5.32 Å². The Hall–Kier alpha value is -0.760. The normalized spacial score (nSPS) is 24.2. The average Bonchev–Trinajstić information content (AvgIpc) is 2.05. The molecule has 1 N–H and O–H groups in total. The van der Waals surface area contributed by atoms with E-state index in [-0.39, 0.29) is 6.10 Å². The van der Waals surface area contributed by atoms with E-state index in [4.69, 9.17) is 4.74 Å². The molecule has 0 fully saturated rings.